The maximum absolute atomic E-state index is 5.03. The zero-order chi connectivity index (χ0) is 27.0. The van der Waals surface area contributed by atoms with Crippen molar-refractivity contribution in [1.82, 2.24) is 5.32 Å². The average Bonchev–Trinajstić information content (AvgIpc) is 3.14. The number of allylic oxidation sites excluding steroid dienone is 7. The quantitative estimate of drug-likeness (QED) is 0.216. The molecule has 0 amide bonds. The number of benzene rings is 1. The lowest BCUT2D eigenvalue weighted by Gasteiger charge is -2.30. The van der Waals surface area contributed by atoms with Crippen molar-refractivity contribution < 1.29 is 0 Å². The van der Waals surface area contributed by atoms with Gasteiger partial charge in [-0.05, 0) is 63.8 Å². The lowest BCUT2D eigenvalue weighted by Crippen LogP contribution is -2.19. The first-order valence-electron chi connectivity index (χ1n) is 12.7. The summed E-state index contributed by atoms with van der Waals surface area (Å²) in [6.07, 6.45) is 12.8. The molecule has 35 heavy (non-hydrogen) atoms. The molecule has 0 aliphatic heterocycles. The van der Waals surface area contributed by atoms with Crippen molar-refractivity contribution >= 4 is 5.71 Å². The van der Waals surface area contributed by atoms with Crippen LogP contribution in [0.3, 0.4) is 0 Å². The van der Waals surface area contributed by atoms with Gasteiger partial charge in [-0.25, -0.2) is 0 Å². The Morgan fingerprint density at radius 2 is 1.69 bits per heavy atom. The van der Waals surface area contributed by atoms with E-state index in [-0.39, 0.29) is 5.41 Å². The lowest BCUT2D eigenvalue weighted by molar-refractivity contribution is 0.473. The molecule has 0 heterocycles. The van der Waals surface area contributed by atoms with Crippen molar-refractivity contribution in [3.05, 3.63) is 120 Å². The van der Waals surface area contributed by atoms with E-state index in [9.17, 15) is 0 Å². The molecule has 0 bridgehead atoms. The smallest absolute Gasteiger partial charge is 0.0631 e. The van der Waals surface area contributed by atoms with Crippen molar-refractivity contribution in [3.63, 3.8) is 0 Å². The Morgan fingerprint density at radius 3 is 2.11 bits per heavy atom. The monoisotopic (exact) mass is 472 g/mol. The molecule has 1 aliphatic rings. The molecule has 0 saturated carbocycles. The largest absolute Gasteiger partial charge is 0.382 e. The van der Waals surface area contributed by atoms with E-state index in [2.05, 4.69) is 103 Å². The summed E-state index contributed by atoms with van der Waals surface area (Å²) in [5.74, 6) is 0. The van der Waals surface area contributed by atoms with Crippen molar-refractivity contribution in [2.45, 2.75) is 68.7 Å². The number of aliphatic imine (C=N–C) groups is 1. The number of aryl methyl sites for hydroxylation is 1. The Balaban J connectivity index is 0.00000146. The number of rotatable bonds is 9. The van der Waals surface area contributed by atoms with Crippen LogP contribution in [0.15, 0.2) is 114 Å². The van der Waals surface area contributed by atoms with Gasteiger partial charge in [-0.1, -0.05) is 107 Å². The highest BCUT2D eigenvalue weighted by molar-refractivity contribution is 5.99. The zero-order valence-corrected chi connectivity index (χ0v) is 23.8. The van der Waals surface area contributed by atoms with Crippen LogP contribution in [0, 0.1) is 12.3 Å². The molecule has 1 aliphatic carbocycles. The summed E-state index contributed by atoms with van der Waals surface area (Å²) in [6.45, 7) is 31.2. The Bertz CT molecular complexity index is 994. The fourth-order valence-corrected chi connectivity index (χ4v) is 3.78. The maximum Gasteiger partial charge on any atom is 0.0631 e. The van der Waals surface area contributed by atoms with Gasteiger partial charge in [-0.2, -0.15) is 0 Å². The summed E-state index contributed by atoms with van der Waals surface area (Å²) in [5.41, 5.74) is 9.17. The van der Waals surface area contributed by atoms with Gasteiger partial charge in [0.25, 0.3) is 0 Å². The second-order valence-electron chi connectivity index (χ2n) is 8.43. The fourth-order valence-electron chi connectivity index (χ4n) is 3.78. The third kappa shape index (κ3) is 8.87. The molecule has 1 N–H and O–H groups in total. The summed E-state index contributed by atoms with van der Waals surface area (Å²) in [7, 11) is 0. The molecule has 1 aromatic rings. The van der Waals surface area contributed by atoms with Gasteiger partial charge in [-0.15, -0.1) is 6.58 Å². The van der Waals surface area contributed by atoms with Crippen LogP contribution in [0.25, 0.3) is 0 Å². The summed E-state index contributed by atoms with van der Waals surface area (Å²) < 4.78 is 0. The summed E-state index contributed by atoms with van der Waals surface area (Å²) >= 11 is 0. The van der Waals surface area contributed by atoms with Crippen LogP contribution in [0.4, 0.5) is 0 Å². The number of hydrogen-bond acceptors (Lipinski definition) is 2. The molecule has 0 radical (unpaired) electrons. The molecule has 1 unspecified atom stereocenters. The topological polar surface area (TPSA) is 24.4 Å². The molecular formula is C33H48N2. The standard InChI is InChI=1S/C26H34N2.C5H8.C2H6/c1-9-16-27-21(7)23-17-24(26(8,11-3)19(23)5)25(10-2)28-20(6)22-14-12-18(4)13-15-22;1-3-5-4-2;1-2/h9-10,12-15,17,27H,1,7,11,16H2,2-6,8H3;3-5H,1H2,2H3;1-2H3/b25-10-,28-20?;5-4-;. The van der Waals surface area contributed by atoms with Crippen LogP contribution >= 0.6 is 0 Å². The molecule has 0 fully saturated rings. The molecule has 0 aromatic heterocycles. The first-order valence-corrected chi connectivity index (χ1v) is 12.7. The summed E-state index contributed by atoms with van der Waals surface area (Å²) in [4.78, 5) is 5.03. The van der Waals surface area contributed by atoms with Gasteiger partial charge in [0.15, 0.2) is 0 Å². The van der Waals surface area contributed by atoms with E-state index < -0.39 is 0 Å². The van der Waals surface area contributed by atoms with Gasteiger partial charge < -0.3 is 5.32 Å². The molecule has 2 nitrogen and oxygen atoms in total. The number of nitrogens with zero attached hydrogens (tertiary/aromatic N) is 1. The van der Waals surface area contributed by atoms with Crippen LogP contribution < -0.4 is 5.32 Å². The van der Waals surface area contributed by atoms with Gasteiger partial charge in [-0.3, -0.25) is 4.99 Å². The van der Waals surface area contributed by atoms with E-state index in [1.165, 1.54) is 22.3 Å². The lowest BCUT2D eigenvalue weighted by atomic mass is 9.75. The van der Waals surface area contributed by atoms with Crippen LogP contribution in [-0.2, 0) is 0 Å². The van der Waals surface area contributed by atoms with Gasteiger partial charge in [0, 0.05) is 23.4 Å². The minimum absolute atomic E-state index is 0.0486. The van der Waals surface area contributed by atoms with E-state index in [4.69, 9.17) is 4.99 Å². The van der Waals surface area contributed by atoms with Crippen LogP contribution in [-0.4, -0.2) is 12.3 Å². The first-order chi connectivity index (χ1) is 16.7. The Hall–Kier alpha value is -3.13. The second kappa shape index (κ2) is 16.5. The average molecular weight is 473 g/mol. The Morgan fingerprint density at radius 1 is 1.09 bits per heavy atom. The third-order valence-corrected chi connectivity index (χ3v) is 6.24. The van der Waals surface area contributed by atoms with Gasteiger partial charge >= 0.3 is 0 Å². The summed E-state index contributed by atoms with van der Waals surface area (Å²) in [6, 6.07) is 8.54. The Labute approximate surface area is 216 Å². The van der Waals surface area contributed by atoms with Gasteiger partial charge in [0.05, 0.1) is 5.70 Å². The number of nitrogens with one attached hydrogen (secondary N) is 1. The van der Waals surface area contributed by atoms with Gasteiger partial charge in [0.2, 0.25) is 0 Å². The highest BCUT2D eigenvalue weighted by Crippen LogP contribution is 2.49. The predicted octanol–water partition coefficient (Wildman–Crippen LogP) is 9.44. The van der Waals surface area contributed by atoms with Crippen LogP contribution in [0.5, 0.6) is 0 Å². The summed E-state index contributed by atoms with van der Waals surface area (Å²) in [5, 5.41) is 3.35. The highest BCUT2D eigenvalue weighted by Gasteiger charge is 2.37. The van der Waals surface area contributed by atoms with Crippen molar-refractivity contribution in [3.8, 4) is 0 Å². The molecule has 0 spiro atoms. The Kier molecular flexibility index (Phi) is 15.0. The number of hydrogen-bond donors (Lipinski definition) is 1. The van der Waals surface area contributed by atoms with Crippen LogP contribution in [0.2, 0.25) is 0 Å². The second-order valence-corrected chi connectivity index (χ2v) is 8.43. The van der Waals surface area contributed by atoms with E-state index in [1.807, 2.05) is 39.0 Å². The SMILES string of the molecule is C=C/C=C\C.C=CCNC(=C)C1=C(C)C(C)(CC)C(/C(=C/C)N=C(C)c2ccc(C)cc2)=C1.CC. The van der Waals surface area contributed by atoms with Crippen molar-refractivity contribution in [2.75, 3.05) is 6.54 Å². The normalized spacial score (nSPS) is 17.7. The minimum atomic E-state index is -0.0486. The molecule has 2 rings (SSSR count). The third-order valence-electron chi connectivity index (χ3n) is 6.24. The maximum atomic E-state index is 5.03. The van der Waals surface area contributed by atoms with E-state index in [0.717, 1.165) is 29.1 Å². The highest BCUT2D eigenvalue weighted by atomic mass is 14.9. The van der Waals surface area contributed by atoms with Gasteiger partial charge in [0.1, 0.15) is 0 Å². The van der Waals surface area contributed by atoms with Crippen LogP contribution in [0.1, 0.15) is 72.9 Å². The molecule has 0 saturated heterocycles. The predicted molar refractivity (Wildman–Crippen MR) is 160 cm³/mol. The molecule has 2 heteroatoms. The molecular weight excluding hydrogens is 424 g/mol. The molecule has 1 atom stereocenters. The van der Waals surface area contributed by atoms with E-state index in [0.29, 0.717) is 6.54 Å². The minimum Gasteiger partial charge on any atom is -0.382 e. The van der Waals surface area contributed by atoms with E-state index >= 15 is 0 Å². The molecule has 1 aromatic carbocycles. The fraction of sp³-hybridized carbons (Fsp3) is 0.364. The van der Waals surface area contributed by atoms with E-state index in [1.54, 1.807) is 6.08 Å². The first kappa shape index (κ1) is 31.9. The molecule has 190 valence electrons. The van der Waals surface area contributed by atoms with Crippen molar-refractivity contribution in [1.29, 1.82) is 0 Å². The van der Waals surface area contributed by atoms with Crippen molar-refractivity contribution in [2.24, 2.45) is 10.4 Å². The zero-order valence-electron chi connectivity index (χ0n) is 23.8.